The molecule has 34 heavy (non-hydrogen) atoms. The molecule has 0 saturated carbocycles. The predicted molar refractivity (Wildman–Crippen MR) is 129 cm³/mol. The van der Waals surface area contributed by atoms with E-state index in [1.54, 1.807) is 18.2 Å². The van der Waals surface area contributed by atoms with Gasteiger partial charge in [0.05, 0.1) is 12.0 Å². The van der Waals surface area contributed by atoms with Crippen molar-refractivity contribution in [1.82, 2.24) is 10.2 Å². The van der Waals surface area contributed by atoms with Crippen LogP contribution in [0.1, 0.15) is 39.2 Å². The minimum Gasteiger partial charge on any atom is -0.490 e. The quantitative estimate of drug-likeness (QED) is 0.349. The van der Waals surface area contributed by atoms with Crippen molar-refractivity contribution in [3.05, 3.63) is 63.2 Å². The molecular formula is C24H30ClN3O6. The molecule has 10 heteroatoms. The number of ether oxygens (including phenoxy) is 2. The lowest BCUT2D eigenvalue weighted by Gasteiger charge is -2.31. The minimum atomic E-state index is -0.729. The van der Waals surface area contributed by atoms with Crippen molar-refractivity contribution in [2.75, 3.05) is 13.7 Å². The van der Waals surface area contributed by atoms with Gasteiger partial charge in [0.15, 0.2) is 6.61 Å². The summed E-state index contributed by atoms with van der Waals surface area (Å²) in [5.74, 6) is -0.439. The van der Waals surface area contributed by atoms with E-state index in [9.17, 15) is 19.7 Å². The van der Waals surface area contributed by atoms with E-state index in [-0.39, 0.29) is 42.3 Å². The Morgan fingerprint density at radius 1 is 1.18 bits per heavy atom. The maximum Gasteiger partial charge on any atom is 0.311 e. The first kappa shape index (κ1) is 26.9. The smallest absolute Gasteiger partial charge is 0.311 e. The highest BCUT2D eigenvalue weighted by Gasteiger charge is 2.30. The van der Waals surface area contributed by atoms with Gasteiger partial charge in [0, 0.05) is 29.7 Å². The number of nitrogens with zero attached hydrogens (tertiary/aromatic N) is 2. The summed E-state index contributed by atoms with van der Waals surface area (Å²) in [4.78, 5) is 38.2. The summed E-state index contributed by atoms with van der Waals surface area (Å²) in [5.41, 5.74) is 0.485. The number of nitrogens with one attached hydrogen (secondary N) is 1. The topological polar surface area (TPSA) is 111 Å². The van der Waals surface area contributed by atoms with E-state index in [1.807, 2.05) is 26.8 Å². The van der Waals surface area contributed by atoms with E-state index in [2.05, 4.69) is 5.32 Å². The molecule has 2 rings (SSSR count). The number of hydrogen-bond acceptors (Lipinski definition) is 6. The molecular weight excluding hydrogens is 462 g/mol. The fourth-order valence-corrected chi connectivity index (χ4v) is 3.49. The molecule has 2 aromatic rings. The molecule has 0 spiro atoms. The normalized spacial score (nSPS) is 12.4. The Balaban J connectivity index is 2.26. The Morgan fingerprint density at radius 2 is 1.88 bits per heavy atom. The van der Waals surface area contributed by atoms with Gasteiger partial charge in [-0.1, -0.05) is 43.6 Å². The monoisotopic (exact) mass is 491 g/mol. The van der Waals surface area contributed by atoms with Crippen LogP contribution < -0.4 is 14.8 Å². The van der Waals surface area contributed by atoms with Crippen LogP contribution >= 0.6 is 11.6 Å². The molecule has 0 aromatic heterocycles. The number of nitro groups is 1. The molecule has 0 bridgehead atoms. The number of rotatable bonds is 12. The molecule has 2 aromatic carbocycles. The van der Waals surface area contributed by atoms with Crippen molar-refractivity contribution >= 4 is 29.1 Å². The van der Waals surface area contributed by atoms with Gasteiger partial charge in [-0.05, 0) is 37.5 Å². The van der Waals surface area contributed by atoms with Gasteiger partial charge in [0.2, 0.25) is 11.7 Å². The first-order valence-corrected chi connectivity index (χ1v) is 11.4. The number of nitro benzene ring substituents is 1. The number of amides is 2. The Hall–Kier alpha value is -3.33. The maximum absolute atomic E-state index is 13.3. The van der Waals surface area contributed by atoms with E-state index in [0.717, 1.165) is 6.42 Å². The molecule has 2 amide bonds. The summed E-state index contributed by atoms with van der Waals surface area (Å²) in [6.45, 7) is 5.44. The van der Waals surface area contributed by atoms with Crippen LogP contribution in [-0.2, 0) is 16.1 Å². The number of carbonyl (C=O) groups excluding carboxylic acids is 2. The SMILES string of the molecule is CC[C@H](C(=O)N[C@@H](C)CC)N(Cc1ccccc1Cl)C(=O)COc1ccc([N+](=O)[O-])c(OC)c1. The van der Waals surface area contributed by atoms with Gasteiger partial charge in [0.1, 0.15) is 11.8 Å². The lowest BCUT2D eigenvalue weighted by Crippen LogP contribution is -2.51. The van der Waals surface area contributed by atoms with Crippen LogP contribution in [0.25, 0.3) is 0 Å². The molecule has 0 radical (unpaired) electrons. The first-order valence-electron chi connectivity index (χ1n) is 11.0. The average Bonchev–Trinajstić information content (AvgIpc) is 2.82. The zero-order valence-corrected chi connectivity index (χ0v) is 20.5. The fraction of sp³-hybridized carbons (Fsp3) is 0.417. The number of halogens is 1. The summed E-state index contributed by atoms with van der Waals surface area (Å²) in [5, 5.41) is 14.5. The summed E-state index contributed by atoms with van der Waals surface area (Å²) >= 11 is 6.32. The average molecular weight is 492 g/mol. The van der Waals surface area contributed by atoms with Crippen molar-refractivity contribution in [3.8, 4) is 11.5 Å². The van der Waals surface area contributed by atoms with Crippen LogP contribution in [0.4, 0.5) is 5.69 Å². The van der Waals surface area contributed by atoms with Gasteiger partial charge in [0.25, 0.3) is 5.91 Å². The predicted octanol–water partition coefficient (Wildman–Crippen LogP) is 4.36. The van der Waals surface area contributed by atoms with E-state index in [4.69, 9.17) is 21.1 Å². The zero-order valence-electron chi connectivity index (χ0n) is 19.7. The van der Waals surface area contributed by atoms with E-state index in [1.165, 1.54) is 30.2 Å². The molecule has 0 aliphatic carbocycles. The van der Waals surface area contributed by atoms with Gasteiger partial charge in [-0.2, -0.15) is 0 Å². The number of hydrogen-bond donors (Lipinski definition) is 1. The lowest BCUT2D eigenvalue weighted by molar-refractivity contribution is -0.385. The standard InChI is InChI=1S/C24H30ClN3O6/c1-5-16(3)26-24(30)20(6-2)27(14-17-9-7-8-10-19(17)25)23(29)15-34-18-11-12-21(28(31)32)22(13-18)33-4/h7-13,16,20H,5-6,14-15H2,1-4H3,(H,26,30)/t16-,20+/m0/s1. The Morgan fingerprint density at radius 3 is 2.47 bits per heavy atom. The second kappa shape index (κ2) is 12.8. The molecule has 0 heterocycles. The second-order valence-corrected chi connectivity index (χ2v) is 8.14. The van der Waals surface area contributed by atoms with Crippen molar-refractivity contribution in [2.45, 2.75) is 52.2 Å². The van der Waals surface area contributed by atoms with Crippen LogP contribution in [0.3, 0.4) is 0 Å². The second-order valence-electron chi connectivity index (χ2n) is 7.73. The highest BCUT2D eigenvalue weighted by Crippen LogP contribution is 2.31. The van der Waals surface area contributed by atoms with E-state index in [0.29, 0.717) is 17.0 Å². The van der Waals surface area contributed by atoms with Gasteiger partial charge in [-0.3, -0.25) is 19.7 Å². The van der Waals surface area contributed by atoms with Crippen molar-refractivity contribution in [2.24, 2.45) is 0 Å². The van der Waals surface area contributed by atoms with Crippen LogP contribution in [-0.4, -0.2) is 47.4 Å². The molecule has 184 valence electrons. The van der Waals surface area contributed by atoms with Crippen molar-refractivity contribution in [1.29, 1.82) is 0 Å². The third-order valence-corrected chi connectivity index (χ3v) is 5.76. The largest absolute Gasteiger partial charge is 0.490 e. The molecule has 0 saturated heterocycles. The third-order valence-electron chi connectivity index (χ3n) is 5.40. The highest BCUT2D eigenvalue weighted by molar-refractivity contribution is 6.31. The number of benzene rings is 2. The highest BCUT2D eigenvalue weighted by atomic mass is 35.5. The molecule has 0 unspecified atom stereocenters. The summed E-state index contributed by atoms with van der Waals surface area (Å²) in [6, 6.07) is 10.3. The minimum absolute atomic E-state index is 0.0160. The summed E-state index contributed by atoms with van der Waals surface area (Å²) in [6.07, 6.45) is 1.15. The zero-order chi connectivity index (χ0) is 25.3. The van der Waals surface area contributed by atoms with E-state index >= 15 is 0 Å². The summed E-state index contributed by atoms with van der Waals surface area (Å²) in [7, 11) is 1.31. The van der Waals surface area contributed by atoms with Crippen molar-refractivity contribution < 1.29 is 24.0 Å². The van der Waals surface area contributed by atoms with Crippen molar-refractivity contribution in [3.63, 3.8) is 0 Å². The number of carbonyl (C=O) groups is 2. The first-order chi connectivity index (χ1) is 16.2. The summed E-state index contributed by atoms with van der Waals surface area (Å²) < 4.78 is 10.7. The Kier molecular flexibility index (Phi) is 10.1. The maximum atomic E-state index is 13.3. The molecule has 2 atom stereocenters. The molecule has 0 fully saturated rings. The van der Waals surface area contributed by atoms with Crippen LogP contribution in [0, 0.1) is 10.1 Å². The fourth-order valence-electron chi connectivity index (χ4n) is 3.30. The Bertz CT molecular complexity index is 1020. The molecule has 1 N–H and O–H groups in total. The van der Waals surface area contributed by atoms with Crippen LogP contribution in [0.15, 0.2) is 42.5 Å². The van der Waals surface area contributed by atoms with Gasteiger partial charge in [-0.25, -0.2) is 0 Å². The molecule has 0 aliphatic rings. The molecule has 0 aliphatic heterocycles. The van der Waals surface area contributed by atoms with Crippen LogP contribution in [0.2, 0.25) is 5.02 Å². The van der Waals surface area contributed by atoms with E-state index < -0.39 is 16.9 Å². The molecule has 9 nitrogen and oxygen atoms in total. The van der Waals surface area contributed by atoms with Gasteiger partial charge < -0.3 is 19.7 Å². The Labute approximate surface area is 204 Å². The third kappa shape index (κ3) is 7.08. The lowest BCUT2D eigenvalue weighted by atomic mass is 10.1. The van der Waals surface area contributed by atoms with Gasteiger partial charge in [-0.15, -0.1) is 0 Å². The number of methoxy groups -OCH3 is 1. The van der Waals surface area contributed by atoms with Crippen LogP contribution in [0.5, 0.6) is 11.5 Å². The van der Waals surface area contributed by atoms with Gasteiger partial charge >= 0.3 is 5.69 Å².